The number of nitrogens with zero attached hydrogens (tertiary/aromatic N) is 1. The molecule has 126 valence electrons. The van der Waals surface area contributed by atoms with Gasteiger partial charge in [-0.25, -0.2) is 4.39 Å². The van der Waals surface area contributed by atoms with Gasteiger partial charge >= 0.3 is 0 Å². The van der Waals surface area contributed by atoms with Crippen LogP contribution >= 0.6 is 0 Å². The second kappa shape index (κ2) is 8.05. The summed E-state index contributed by atoms with van der Waals surface area (Å²) < 4.78 is 12.8. The maximum absolute atomic E-state index is 12.8. The van der Waals surface area contributed by atoms with E-state index in [-0.39, 0.29) is 30.5 Å². The Hall–Kier alpha value is -2.96. The van der Waals surface area contributed by atoms with E-state index in [1.54, 1.807) is 24.3 Å². The van der Waals surface area contributed by atoms with E-state index in [2.05, 4.69) is 10.6 Å². The van der Waals surface area contributed by atoms with Crippen LogP contribution in [0.3, 0.4) is 0 Å². The third-order valence-electron chi connectivity index (χ3n) is 3.52. The number of nitrogens with one attached hydrogen (secondary N) is 2. The van der Waals surface area contributed by atoms with Gasteiger partial charge in [-0.05, 0) is 30.2 Å². The number of benzene rings is 2. The van der Waals surface area contributed by atoms with Gasteiger partial charge in [-0.15, -0.1) is 0 Å². The molecular formula is C17H18FN3O3. The lowest BCUT2D eigenvalue weighted by atomic mass is 10.1. The van der Waals surface area contributed by atoms with Crippen molar-refractivity contribution in [2.75, 3.05) is 11.9 Å². The molecule has 0 atom stereocenters. The van der Waals surface area contributed by atoms with Gasteiger partial charge in [0.25, 0.3) is 5.69 Å². The number of aryl methyl sites for hydroxylation is 1. The van der Waals surface area contributed by atoms with Crippen LogP contribution < -0.4 is 10.6 Å². The Balaban J connectivity index is 1.88. The lowest BCUT2D eigenvalue weighted by Crippen LogP contribution is -2.29. The lowest BCUT2D eigenvalue weighted by molar-refractivity contribution is -0.385. The van der Waals surface area contributed by atoms with Crippen LogP contribution in [0.4, 0.5) is 15.8 Å². The molecular weight excluding hydrogens is 313 g/mol. The van der Waals surface area contributed by atoms with E-state index in [0.717, 1.165) is 5.56 Å². The normalized spacial score (nSPS) is 10.2. The molecule has 1 amide bonds. The number of carbonyl (C=O) groups excluding carboxylic acids is 1. The molecule has 0 heterocycles. The van der Waals surface area contributed by atoms with Crippen molar-refractivity contribution < 1.29 is 14.1 Å². The number of halogens is 1. The summed E-state index contributed by atoms with van der Waals surface area (Å²) in [7, 11) is 0. The van der Waals surface area contributed by atoms with E-state index in [1.807, 2.05) is 6.92 Å². The van der Waals surface area contributed by atoms with E-state index in [9.17, 15) is 19.3 Å². The third-order valence-corrected chi connectivity index (χ3v) is 3.52. The van der Waals surface area contributed by atoms with E-state index in [0.29, 0.717) is 17.7 Å². The van der Waals surface area contributed by atoms with Crippen molar-refractivity contribution in [2.24, 2.45) is 0 Å². The van der Waals surface area contributed by atoms with Crippen LogP contribution in [0.15, 0.2) is 42.5 Å². The molecule has 0 saturated carbocycles. The van der Waals surface area contributed by atoms with E-state index in [1.165, 1.54) is 18.2 Å². The van der Waals surface area contributed by atoms with Gasteiger partial charge in [0.15, 0.2) is 0 Å². The van der Waals surface area contributed by atoms with Crippen molar-refractivity contribution in [2.45, 2.75) is 19.9 Å². The number of hydrogen-bond donors (Lipinski definition) is 2. The molecule has 0 aliphatic heterocycles. The predicted octanol–water partition coefficient (Wildman–Crippen LogP) is 3.02. The van der Waals surface area contributed by atoms with E-state index >= 15 is 0 Å². The quantitative estimate of drug-likeness (QED) is 0.603. The largest absolute Gasteiger partial charge is 0.376 e. The summed E-state index contributed by atoms with van der Waals surface area (Å²) in [6.07, 6.45) is 0.564. The fourth-order valence-corrected chi connectivity index (χ4v) is 2.19. The highest BCUT2D eigenvalue weighted by molar-refractivity contribution is 5.80. The molecule has 0 aliphatic rings. The number of anilines is 1. The third kappa shape index (κ3) is 4.77. The molecule has 2 N–H and O–H groups in total. The van der Waals surface area contributed by atoms with Gasteiger partial charge in [0.2, 0.25) is 5.91 Å². The predicted molar refractivity (Wildman–Crippen MR) is 89.2 cm³/mol. The lowest BCUT2D eigenvalue weighted by Gasteiger charge is -2.09. The monoisotopic (exact) mass is 331 g/mol. The van der Waals surface area contributed by atoms with Crippen LogP contribution in [0, 0.1) is 15.9 Å². The molecule has 0 aliphatic carbocycles. The van der Waals surface area contributed by atoms with Gasteiger partial charge in [-0.3, -0.25) is 14.9 Å². The minimum absolute atomic E-state index is 0.0101. The van der Waals surface area contributed by atoms with Gasteiger partial charge in [-0.1, -0.05) is 25.1 Å². The van der Waals surface area contributed by atoms with Crippen molar-refractivity contribution in [1.82, 2.24) is 5.32 Å². The van der Waals surface area contributed by atoms with Gasteiger partial charge in [0, 0.05) is 23.9 Å². The second-order valence-electron chi connectivity index (χ2n) is 5.21. The Kier molecular flexibility index (Phi) is 5.83. The van der Waals surface area contributed by atoms with Crippen LogP contribution in [-0.4, -0.2) is 17.4 Å². The SMILES string of the molecule is CCc1ccc(NCC(=O)NCc2ccc(F)cc2)cc1[N+](=O)[O-]. The molecule has 0 bridgehead atoms. The number of amides is 1. The van der Waals surface area contributed by atoms with E-state index in [4.69, 9.17) is 0 Å². The molecule has 0 aromatic heterocycles. The number of rotatable bonds is 7. The smallest absolute Gasteiger partial charge is 0.274 e. The standard InChI is InChI=1S/C17H18FN3O3/c1-2-13-5-8-15(9-16(13)21(23)24)19-11-17(22)20-10-12-3-6-14(18)7-4-12/h3-9,19H,2,10-11H2,1H3,(H,20,22). The van der Waals surface area contributed by atoms with Crippen molar-refractivity contribution in [3.8, 4) is 0 Å². The van der Waals surface area contributed by atoms with E-state index < -0.39 is 4.92 Å². The molecule has 2 rings (SSSR count). The number of nitro groups is 1. The summed E-state index contributed by atoms with van der Waals surface area (Å²) in [5.41, 5.74) is 1.98. The fraction of sp³-hybridized carbons (Fsp3) is 0.235. The minimum Gasteiger partial charge on any atom is -0.376 e. The first kappa shape index (κ1) is 17.4. The highest BCUT2D eigenvalue weighted by Crippen LogP contribution is 2.23. The molecule has 24 heavy (non-hydrogen) atoms. The van der Waals surface area contributed by atoms with Crippen LogP contribution in [0.1, 0.15) is 18.1 Å². The fourth-order valence-electron chi connectivity index (χ4n) is 2.19. The molecule has 2 aromatic rings. The van der Waals surface area contributed by atoms with Gasteiger partial charge < -0.3 is 10.6 Å². The summed E-state index contributed by atoms with van der Waals surface area (Å²) in [5, 5.41) is 16.6. The van der Waals surface area contributed by atoms with Gasteiger partial charge in [0.1, 0.15) is 5.82 Å². The maximum Gasteiger partial charge on any atom is 0.274 e. The Morgan fingerprint density at radius 3 is 2.54 bits per heavy atom. The Labute approximate surface area is 138 Å². The Bertz CT molecular complexity index is 732. The average molecular weight is 331 g/mol. The number of nitro benzene ring substituents is 1. The number of hydrogen-bond acceptors (Lipinski definition) is 4. The maximum atomic E-state index is 12.8. The first-order chi connectivity index (χ1) is 11.5. The molecule has 0 fully saturated rings. The first-order valence-corrected chi connectivity index (χ1v) is 7.52. The summed E-state index contributed by atoms with van der Waals surface area (Å²) in [4.78, 5) is 22.4. The molecule has 6 nitrogen and oxygen atoms in total. The zero-order valence-corrected chi connectivity index (χ0v) is 13.2. The van der Waals surface area contributed by atoms with Crippen LogP contribution in [0.25, 0.3) is 0 Å². The molecule has 0 saturated heterocycles. The minimum atomic E-state index is -0.432. The number of carbonyl (C=O) groups is 1. The zero-order chi connectivity index (χ0) is 17.5. The summed E-state index contributed by atoms with van der Waals surface area (Å²) >= 11 is 0. The molecule has 0 unspecified atom stereocenters. The van der Waals surface area contributed by atoms with Crippen LogP contribution in [0.2, 0.25) is 0 Å². The molecule has 0 spiro atoms. The highest BCUT2D eigenvalue weighted by atomic mass is 19.1. The average Bonchev–Trinajstić information content (AvgIpc) is 2.59. The second-order valence-corrected chi connectivity index (χ2v) is 5.21. The van der Waals surface area contributed by atoms with Crippen LogP contribution in [-0.2, 0) is 17.8 Å². The van der Waals surface area contributed by atoms with Crippen molar-refractivity contribution >= 4 is 17.3 Å². The van der Waals surface area contributed by atoms with Crippen molar-refractivity contribution in [3.05, 3.63) is 69.5 Å². The van der Waals surface area contributed by atoms with Crippen molar-refractivity contribution in [3.63, 3.8) is 0 Å². The topological polar surface area (TPSA) is 84.3 Å². The Morgan fingerprint density at radius 2 is 1.92 bits per heavy atom. The van der Waals surface area contributed by atoms with Gasteiger partial charge in [0.05, 0.1) is 11.5 Å². The summed E-state index contributed by atoms with van der Waals surface area (Å²) in [6.45, 7) is 2.12. The molecule has 7 heteroatoms. The molecule has 2 aromatic carbocycles. The van der Waals surface area contributed by atoms with Crippen LogP contribution in [0.5, 0.6) is 0 Å². The molecule has 0 radical (unpaired) electrons. The van der Waals surface area contributed by atoms with Gasteiger partial charge in [-0.2, -0.15) is 0 Å². The highest BCUT2D eigenvalue weighted by Gasteiger charge is 2.13. The zero-order valence-electron chi connectivity index (χ0n) is 13.2. The summed E-state index contributed by atoms with van der Waals surface area (Å²) in [5.74, 6) is -0.592. The van der Waals surface area contributed by atoms with Crippen molar-refractivity contribution in [1.29, 1.82) is 0 Å². The summed E-state index contributed by atoms with van der Waals surface area (Å²) in [6, 6.07) is 10.6. The first-order valence-electron chi connectivity index (χ1n) is 7.52. The Morgan fingerprint density at radius 1 is 1.21 bits per heavy atom.